The summed E-state index contributed by atoms with van der Waals surface area (Å²) in [6.45, 7) is 8.84. The maximum Gasteiger partial charge on any atom is 0.00236 e. The van der Waals surface area contributed by atoms with Crippen molar-refractivity contribution in [3.05, 3.63) is 0 Å². The van der Waals surface area contributed by atoms with Crippen molar-refractivity contribution >= 4 is 67.8 Å². The molecule has 0 saturated carbocycles. The molecule has 0 radical (unpaired) electrons. The number of rotatable bonds is 6. The molecule has 0 bridgehead atoms. The quantitative estimate of drug-likeness (QED) is 0.242. The van der Waals surface area contributed by atoms with Crippen LogP contribution in [0.5, 0.6) is 0 Å². The maximum atomic E-state index is 2.49. The summed E-state index contributed by atoms with van der Waals surface area (Å²) in [6, 6.07) is 0. The Morgan fingerprint density at radius 3 is 1.50 bits per heavy atom. The molecule has 3 heteroatoms. The highest BCUT2D eigenvalue weighted by Crippen LogP contribution is 2.14. The van der Waals surface area contributed by atoms with Gasteiger partial charge in [0.15, 0.2) is 0 Å². The van der Waals surface area contributed by atoms with Crippen LogP contribution < -0.4 is 0 Å². The molecule has 0 aliphatic rings. The van der Waals surface area contributed by atoms with Gasteiger partial charge in [-0.2, -0.15) is 0 Å². The van der Waals surface area contributed by atoms with E-state index in [0.717, 1.165) is 5.92 Å². The van der Waals surface area contributed by atoms with Crippen LogP contribution in [0.1, 0.15) is 59.8 Å². The van der Waals surface area contributed by atoms with Crippen molar-refractivity contribution in [2.24, 2.45) is 5.92 Å². The molecular weight excluding hydrogens is 537 g/mol. The number of hydrogen-bond donors (Lipinski definition) is 0. The van der Waals surface area contributed by atoms with E-state index in [0.29, 0.717) is 0 Å². The van der Waals surface area contributed by atoms with E-state index in [1.165, 1.54) is 45.4 Å². The summed E-state index contributed by atoms with van der Waals surface area (Å²) in [5.41, 5.74) is 0. The van der Waals surface area contributed by atoms with Gasteiger partial charge in [0.25, 0.3) is 0 Å². The van der Waals surface area contributed by atoms with E-state index in [9.17, 15) is 0 Å². The first-order valence-electron chi connectivity index (χ1n) is 6.35. The van der Waals surface area contributed by atoms with Crippen molar-refractivity contribution in [2.75, 3.05) is 13.3 Å². The normalized spacial score (nSPS) is 10.7. The zero-order chi connectivity index (χ0) is 13.2. The number of hydrogen-bond acceptors (Lipinski definition) is 0. The lowest BCUT2D eigenvalue weighted by Crippen LogP contribution is -1.98. The predicted octanol–water partition coefficient (Wildman–Crippen LogP) is 6.91. The highest BCUT2D eigenvalue weighted by molar-refractivity contribution is 14.1. The minimum Gasteiger partial charge on any atom is -0.0867 e. The Morgan fingerprint density at radius 2 is 1.31 bits per heavy atom. The van der Waals surface area contributed by atoms with Crippen LogP contribution in [0.3, 0.4) is 0 Å². The molecule has 16 heavy (non-hydrogen) atoms. The van der Waals surface area contributed by atoms with E-state index in [1.54, 1.807) is 0 Å². The van der Waals surface area contributed by atoms with Crippen molar-refractivity contribution in [2.45, 2.75) is 59.8 Å². The lowest BCUT2D eigenvalue weighted by Gasteiger charge is -2.08. The Morgan fingerprint density at radius 1 is 0.875 bits per heavy atom. The van der Waals surface area contributed by atoms with Gasteiger partial charge in [0.05, 0.1) is 0 Å². The van der Waals surface area contributed by atoms with Crippen LogP contribution >= 0.6 is 67.8 Å². The van der Waals surface area contributed by atoms with Crippen LogP contribution in [0, 0.1) is 5.92 Å². The minimum absolute atomic E-state index is 0.991. The fraction of sp³-hybridized carbons (Fsp3) is 1.00. The second kappa shape index (κ2) is 25.9. The van der Waals surface area contributed by atoms with Crippen molar-refractivity contribution in [1.82, 2.24) is 0 Å². The molecule has 0 rings (SSSR count). The molecule has 1 atom stereocenters. The molecule has 0 heterocycles. The van der Waals surface area contributed by atoms with E-state index < -0.39 is 0 Å². The molecule has 0 saturated heterocycles. The summed E-state index contributed by atoms with van der Waals surface area (Å²) in [5.74, 6) is 0.991. The first kappa shape index (κ1) is 23.3. The van der Waals surface area contributed by atoms with Crippen LogP contribution in [-0.2, 0) is 0 Å². The average Bonchev–Trinajstić information content (AvgIpc) is 2.32. The molecule has 0 aliphatic heterocycles. The van der Waals surface area contributed by atoms with Crippen molar-refractivity contribution in [3.63, 3.8) is 0 Å². The van der Waals surface area contributed by atoms with Gasteiger partial charge in [-0.25, -0.2) is 0 Å². The highest BCUT2D eigenvalue weighted by Gasteiger charge is 2.01. The summed E-state index contributed by atoms with van der Waals surface area (Å²) in [7, 11) is 0. The summed E-state index contributed by atoms with van der Waals surface area (Å²) >= 11 is 7.13. The molecule has 0 aromatic rings. The number of alkyl halides is 3. The Balaban J connectivity index is -0.000000201. The first-order valence-corrected chi connectivity index (χ1v) is 10.9. The van der Waals surface area contributed by atoms with Crippen molar-refractivity contribution in [3.8, 4) is 0 Å². The predicted molar refractivity (Wildman–Crippen MR) is 106 cm³/mol. The largest absolute Gasteiger partial charge is 0.0867 e. The fourth-order valence-electron chi connectivity index (χ4n) is 0.883. The molecule has 0 N–H and O–H groups in total. The lowest BCUT2D eigenvalue weighted by molar-refractivity contribution is 0.505. The highest BCUT2D eigenvalue weighted by atomic mass is 127. The molecule has 1 unspecified atom stereocenters. The standard InChI is InChI=1S/C8H17I.C3H7I.C2H5I/c1-3-5-6-8(4-2)7-9;1-2-3-4;1-2-3/h8H,3-7H2,1-2H3;2-3H2,1H3;2H2,1H3. The average molecular weight is 566 g/mol. The van der Waals surface area contributed by atoms with Gasteiger partial charge < -0.3 is 0 Å². The van der Waals surface area contributed by atoms with E-state index in [2.05, 4.69) is 95.5 Å². The molecule has 0 amide bonds. The van der Waals surface area contributed by atoms with Gasteiger partial charge in [0.2, 0.25) is 0 Å². The Kier molecular flexibility index (Phi) is 37.7. The molecule has 102 valence electrons. The maximum absolute atomic E-state index is 2.49. The van der Waals surface area contributed by atoms with Gasteiger partial charge in [0.1, 0.15) is 0 Å². The van der Waals surface area contributed by atoms with E-state index >= 15 is 0 Å². The van der Waals surface area contributed by atoms with Crippen LogP contribution in [0.4, 0.5) is 0 Å². The molecular formula is C13H29I3. The van der Waals surface area contributed by atoms with E-state index in [1.807, 2.05) is 0 Å². The second-order valence-electron chi connectivity index (χ2n) is 3.53. The molecule has 0 aromatic heterocycles. The molecule has 0 spiro atoms. The fourth-order valence-corrected chi connectivity index (χ4v) is 1.95. The third-order valence-electron chi connectivity index (χ3n) is 1.95. The van der Waals surface area contributed by atoms with Gasteiger partial charge in [-0.3, -0.25) is 0 Å². The molecule has 0 aliphatic carbocycles. The van der Waals surface area contributed by atoms with Gasteiger partial charge in [-0.15, -0.1) is 0 Å². The minimum atomic E-state index is 0.991. The Hall–Kier alpha value is 2.19. The smallest absolute Gasteiger partial charge is 0.00236 e. The van der Waals surface area contributed by atoms with Crippen LogP contribution in [-0.4, -0.2) is 13.3 Å². The first-order chi connectivity index (χ1) is 7.67. The zero-order valence-corrected chi connectivity index (χ0v) is 17.8. The van der Waals surface area contributed by atoms with Gasteiger partial charge in [-0.1, -0.05) is 115 Å². The third-order valence-corrected chi connectivity index (χ3v) is 4.27. The van der Waals surface area contributed by atoms with Gasteiger partial charge in [0, 0.05) is 4.43 Å². The number of unbranched alkanes of at least 4 members (excludes halogenated alkanes) is 1. The molecule has 0 fully saturated rings. The van der Waals surface area contributed by atoms with Crippen LogP contribution in [0.25, 0.3) is 0 Å². The van der Waals surface area contributed by atoms with Gasteiger partial charge in [-0.05, 0) is 27.6 Å². The van der Waals surface area contributed by atoms with E-state index in [4.69, 9.17) is 0 Å². The van der Waals surface area contributed by atoms with Crippen LogP contribution in [0.2, 0.25) is 0 Å². The monoisotopic (exact) mass is 566 g/mol. The van der Waals surface area contributed by atoms with Crippen molar-refractivity contribution < 1.29 is 0 Å². The molecule has 0 aromatic carbocycles. The summed E-state index contributed by atoms with van der Waals surface area (Å²) in [4.78, 5) is 0. The SMILES string of the molecule is CCCCC(CC)CI.CCCI.CCI. The topological polar surface area (TPSA) is 0 Å². The molecule has 0 nitrogen and oxygen atoms in total. The van der Waals surface area contributed by atoms with E-state index in [-0.39, 0.29) is 0 Å². The van der Waals surface area contributed by atoms with Crippen LogP contribution in [0.15, 0.2) is 0 Å². The summed E-state index contributed by atoms with van der Waals surface area (Å²) < 4.78 is 3.85. The zero-order valence-electron chi connectivity index (χ0n) is 11.4. The third kappa shape index (κ3) is 29.8. The van der Waals surface area contributed by atoms with Gasteiger partial charge >= 0.3 is 0 Å². The lowest BCUT2D eigenvalue weighted by atomic mass is 10.0. The number of halogens is 3. The summed E-state index contributed by atoms with van der Waals surface area (Å²) in [6.07, 6.45) is 6.88. The Labute approximate surface area is 145 Å². The second-order valence-corrected chi connectivity index (χ2v) is 7.01. The summed E-state index contributed by atoms with van der Waals surface area (Å²) in [5, 5.41) is 0. The Bertz CT molecular complexity index is 81.2. The van der Waals surface area contributed by atoms with Crippen molar-refractivity contribution in [1.29, 1.82) is 0 Å².